The number of hydrogen-bond donors (Lipinski definition) is 1. The van der Waals surface area contributed by atoms with Crippen LogP contribution in [-0.2, 0) is 11.3 Å². The van der Waals surface area contributed by atoms with Crippen molar-refractivity contribution in [2.24, 2.45) is 11.8 Å². The fraction of sp³-hybridized carbons (Fsp3) is 0.667. The van der Waals surface area contributed by atoms with E-state index >= 15 is 0 Å². The summed E-state index contributed by atoms with van der Waals surface area (Å²) in [5, 5.41) is 0. The number of quaternary nitrogens is 1. The van der Waals surface area contributed by atoms with E-state index in [0.717, 1.165) is 51.3 Å². The summed E-state index contributed by atoms with van der Waals surface area (Å²) in [4.78, 5) is 20.8. The zero-order valence-electron chi connectivity index (χ0n) is 13.6. The second-order valence-corrected chi connectivity index (χ2v) is 7.05. The molecule has 2 aliphatic heterocycles. The van der Waals surface area contributed by atoms with E-state index < -0.39 is 0 Å². The van der Waals surface area contributed by atoms with Crippen LogP contribution in [0.15, 0.2) is 24.4 Å². The van der Waals surface area contributed by atoms with Crippen molar-refractivity contribution < 1.29 is 9.69 Å². The van der Waals surface area contributed by atoms with Gasteiger partial charge in [-0.15, -0.1) is 0 Å². The number of piperidine rings is 2. The van der Waals surface area contributed by atoms with Gasteiger partial charge in [-0.1, -0.05) is 13.0 Å². The van der Waals surface area contributed by atoms with Crippen molar-refractivity contribution in [3.63, 3.8) is 0 Å². The highest BCUT2D eigenvalue weighted by Gasteiger charge is 2.32. The molecule has 1 atom stereocenters. The van der Waals surface area contributed by atoms with Gasteiger partial charge in [0.2, 0.25) is 5.91 Å². The van der Waals surface area contributed by atoms with Crippen LogP contribution < -0.4 is 4.90 Å². The molecule has 1 aromatic rings. The predicted molar refractivity (Wildman–Crippen MR) is 86.3 cm³/mol. The number of rotatable bonds is 3. The predicted octanol–water partition coefficient (Wildman–Crippen LogP) is 1.14. The molecule has 4 heteroatoms. The van der Waals surface area contributed by atoms with Crippen LogP contribution in [0.4, 0.5) is 0 Å². The molecule has 0 radical (unpaired) electrons. The van der Waals surface area contributed by atoms with Crippen molar-refractivity contribution in [2.75, 3.05) is 26.2 Å². The molecule has 2 aliphatic rings. The molecule has 120 valence electrons. The second kappa shape index (κ2) is 7.23. The van der Waals surface area contributed by atoms with Crippen molar-refractivity contribution in [3.8, 4) is 0 Å². The van der Waals surface area contributed by atoms with Crippen molar-refractivity contribution >= 4 is 5.91 Å². The summed E-state index contributed by atoms with van der Waals surface area (Å²) in [6.07, 6.45) is 6.38. The minimum absolute atomic E-state index is 0.262. The molecular weight excluding hydrogens is 274 g/mol. The van der Waals surface area contributed by atoms with Crippen LogP contribution in [0.1, 0.15) is 38.3 Å². The van der Waals surface area contributed by atoms with Crippen LogP contribution in [-0.4, -0.2) is 42.0 Å². The van der Waals surface area contributed by atoms with Gasteiger partial charge in [0.1, 0.15) is 6.54 Å². The minimum Gasteiger partial charge on any atom is -0.342 e. The van der Waals surface area contributed by atoms with E-state index in [1.54, 1.807) is 4.90 Å². The lowest BCUT2D eigenvalue weighted by Crippen LogP contribution is -3.11. The van der Waals surface area contributed by atoms with Gasteiger partial charge in [0.05, 0.1) is 18.8 Å². The summed E-state index contributed by atoms with van der Waals surface area (Å²) in [5.41, 5.74) is 1.16. The zero-order chi connectivity index (χ0) is 15.4. The van der Waals surface area contributed by atoms with Gasteiger partial charge in [-0.2, -0.15) is 0 Å². The van der Waals surface area contributed by atoms with Crippen LogP contribution in [0, 0.1) is 11.8 Å². The highest BCUT2D eigenvalue weighted by atomic mass is 16.2. The van der Waals surface area contributed by atoms with Crippen LogP contribution in [0.25, 0.3) is 0 Å². The standard InChI is InChI=1S/C18H27N3O/c1-15-5-4-10-21(13-15)18(22)16-7-11-20(12-8-16)14-17-6-2-3-9-19-17/h2-3,6,9,15-16H,4-5,7-8,10-14H2,1H3/p+1/t15-/m0/s1. The quantitative estimate of drug-likeness (QED) is 0.909. The third-order valence-corrected chi connectivity index (χ3v) is 5.17. The number of nitrogens with one attached hydrogen (secondary N) is 1. The van der Waals surface area contributed by atoms with Crippen molar-refractivity contribution in [2.45, 2.75) is 39.2 Å². The molecule has 0 saturated carbocycles. The average Bonchev–Trinajstić information content (AvgIpc) is 2.56. The van der Waals surface area contributed by atoms with Gasteiger partial charge in [0, 0.05) is 38.0 Å². The third kappa shape index (κ3) is 3.86. The van der Waals surface area contributed by atoms with E-state index in [1.807, 2.05) is 12.3 Å². The van der Waals surface area contributed by atoms with Gasteiger partial charge in [0.25, 0.3) is 0 Å². The van der Waals surface area contributed by atoms with E-state index in [4.69, 9.17) is 0 Å². The lowest BCUT2D eigenvalue weighted by atomic mass is 9.92. The van der Waals surface area contributed by atoms with Gasteiger partial charge >= 0.3 is 0 Å². The van der Waals surface area contributed by atoms with Crippen LogP contribution >= 0.6 is 0 Å². The Hall–Kier alpha value is -1.42. The Morgan fingerprint density at radius 2 is 2.14 bits per heavy atom. The van der Waals surface area contributed by atoms with Crippen molar-refractivity contribution in [1.82, 2.24) is 9.88 Å². The third-order valence-electron chi connectivity index (χ3n) is 5.17. The van der Waals surface area contributed by atoms with E-state index in [2.05, 4.69) is 28.9 Å². The molecule has 1 N–H and O–H groups in total. The fourth-order valence-electron chi connectivity index (χ4n) is 3.86. The molecule has 0 aliphatic carbocycles. The van der Waals surface area contributed by atoms with Gasteiger partial charge in [-0.25, -0.2) is 0 Å². The van der Waals surface area contributed by atoms with Crippen LogP contribution in [0.5, 0.6) is 0 Å². The molecule has 22 heavy (non-hydrogen) atoms. The summed E-state index contributed by atoms with van der Waals surface area (Å²) in [5.74, 6) is 1.36. The van der Waals surface area contributed by atoms with Crippen molar-refractivity contribution in [1.29, 1.82) is 0 Å². The summed E-state index contributed by atoms with van der Waals surface area (Å²) in [6, 6.07) is 6.11. The molecule has 2 fully saturated rings. The maximum Gasteiger partial charge on any atom is 0.226 e. The highest BCUT2D eigenvalue weighted by molar-refractivity contribution is 5.79. The number of amides is 1. The molecule has 0 unspecified atom stereocenters. The van der Waals surface area contributed by atoms with Gasteiger partial charge < -0.3 is 9.80 Å². The summed E-state index contributed by atoms with van der Waals surface area (Å²) in [6.45, 7) is 7.39. The Balaban J connectivity index is 1.48. The lowest BCUT2D eigenvalue weighted by molar-refractivity contribution is -0.919. The molecule has 3 rings (SSSR count). The van der Waals surface area contributed by atoms with Gasteiger partial charge in [-0.3, -0.25) is 9.78 Å². The van der Waals surface area contributed by atoms with Crippen LogP contribution in [0.3, 0.4) is 0 Å². The first-order valence-electron chi connectivity index (χ1n) is 8.74. The van der Waals surface area contributed by atoms with Crippen LogP contribution in [0.2, 0.25) is 0 Å². The van der Waals surface area contributed by atoms with E-state index in [-0.39, 0.29) is 5.92 Å². The summed E-state index contributed by atoms with van der Waals surface area (Å²) in [7, 11) is 0. The first-order chi connectivity index (χ1) is 10.7. The molecule has 0 bridgehead atoms. The molecule has 0 spiro atoms. The molecule has 3 heterocycles. The molecular formula is C18H28N3O+. The summed E-state index contributed by atoms with van der Waals surface area (Å²) >= 11 is 0. The average molecular weight is 302 g/mol. The molecule has 2 saturated heterocycles. The maximum absolute atomic E-state index is 12.7. The first kappa shape index (κ1) is 15.5. The minimum atomic E-state index is 0.262. The monoisotopic (exact) mass is 302 g/mol. The Morgan fingerprint density at radius 1 is 1.32 bits per heavy atom. The van der Waals surface area contributed by atoms with E-state index in [0.29, 0.717) is 11.8 Å². The summed E-state index contributed by atoms with van der Waals surface area (Å²) < 4.78 is 0. The maximum atomic E-state index is 12.7. The molecule has 1 aromatic heterocycles. The zero-order valence-corrected chi connectivity index (χ0v) is 13.6. The van der Waals surface area contributed by atoms with E-state index in [1.165, 1.54) is 12.8 Å². The Morgan fingerprint density at radius 3 is 2.82 bits per heavy atom. The van der Waals surface area contributed by atoms with Gasteiger partial charge in [-0.05, 0) is 30.9 Å². The normalized spacial score (nSPS) is 29.3. The molecule has 4 nitrogen and oxygen atoms in total. The number of nitrogens with zero attached hydrogens (tertiary/aromatic N) is 2. The van der Waals surface area contributed by atoms with Crippen molar-refractivity contribution in [3.05, 3.63) is 30.1 Å². The number of likely N-dealkylation sites (tertiary alicyclic amines) is 2. The number of hydrogen-bond acceptors (Lipinski definition) is 2. The number of aromatic nitrogens is 1. The van der Waals surface area contributed by atoms with E-state index in [9.17, 15) is 4.79 Å². The number of pyridine rings is 1. The largest absolute Gasteiger partial charge is 0.342 e. The topological polar surface area (TPSA) is 37.6 Å². The molecule has 0 aromatic carbocycles. The fourth-order valence-corrected chi connectivity index (χ4v) is 3.86. The number of carbonyl (C=O) groups is 1. The Labute approximate surface area is 133 Å². The SMILES string of the molecule is C[C@H]1CCCN(C(=O)C2CC[NH+](Cc3ccccn3)CC2)C1. The Kier molecular flexibility index (Phi) is 5.08. The Bertz CT molecular complexity index is 482. The second-order valence-electron chi connectivity index (χ2n) is 7.05. The highest BCUT2D eigenvalue weighted by Crippen LogP contribution is 2.20. The first-order valence-corrected chi connectivity index (χ1v) is 8.74. The van der Waals surface area contributed by atoms with Gasteiger partial charge in [0.15, 0.2) is 0 Å². The lowest BCUT2D eigenvalue weighted by Gasteiger charge is -2.36. The smallest absolute Gasteiger partial charge is 0.226 e. The molecule has 1 amide bonds. The number of carbonyl (C=O) groups excluding carboxylic acids is 1.